The topological polar surface area (TPSA) is 41.1 Å². The zero-order chi connectivity index (χ0) is 15.9. The molecule has 0 aromatic heterocycles. The molecule has 0 unspecified atom stereocenters. The van der Waals surface area contributed by atoms with Crippen molar-refractivity contribution in [2.75, 3.05) is 17.2 Å². The quantitative estimate of drug-likeness (QED) is 0.834. The molecule has 3 heteroatoms. The van der Waals surface area contributed by atoms with Gasteiger partial charge in [-0.1, -0.05) is 43.3 Å². The Balaban J connectivity index is 1.88. The number of rotatable bonds is 6. The van der Waals surface area contributed by atoms with Crippen molar-refractivity contribution in [2.45, 2.75) is 33.6 Å². The molecular formula is C19H24N2O. The number of anilines is 2. The van der Waals surface area contributed by atoms with E-state index in [0.717, 1.165) is 17.8 Å². The Morgan fingerprint density at radius 2 is 1.68 bits per heavy atom. The Kier molecular flexibility index (Phi) is 5.59. The van der Waals surface area contributed by atoms with E-state index in [9.17, 15) is 4.79 Å². The van der Waals surface area contributed by atoms with Crippen LogP contribution in [0, 0.1) is 13.8 Å². The van der Waals surface area contributed by atoms with Crippen molar-refractivity contribution in [3.8, 4) is 0 Å². The normalized spacial score (nSPS) is 10.3. The molecule has 0 saturated heterocycles. The van der Waals surface area contributed by atoms with Crippen molar-refractivity contribution in [2.24, 2.45) is 0 Å². The summed E-state index contributed by atoms with van der Waals surface area (Å²) in [6, 6.07) is 14.1. The first-order chi connectivity index (χ1) is 10.6. The summed E-state index contributed by atoms with van der Waals surface area (Å²) in [5, 5.41) is 6.36. The summed E-state index contributed by atoms with van der Waals surface area (Å²) in [6.45, 7) is 6.87. The lowest BCUT2D eigenvalue weighted by Gasteiger charge is -2.13. The Morgan fingerprint density at radius 3 is 2.36 bits per heavy atom. The number of nitrogens with one attached hydrogen (secondary N) is 2. The largest absolute Gasteiger partial charge is 0.384 e. The van der Waals surface area contributed by atoms with E-state index in [1.807, 2.05) is 30.3 Å². The fourth-order valence-electron chi connectivity index (χ4n) is 2.56. The Hall–Kier alpha value is -2.29. The van der Waals surface area contributed by atoms with Crippen LogP contribution in [0.3, 0.4) is 0 Å². The molecule has 0 heterocycles. The summed E-state index contributed by atoms with van der Waals surface area (Å²) in [7, 11) is 0. The van der Waals surface area contributed by atoms with Gasteiger partial charge in [0.1, 0.15) is 0 Å². The molecule has 0 aliphatic heterocycles. The van der Waals surface area contributed by atoms with Gasteiger partial charge in [0.05, 0.1) is 0 Å². The summed E-state index contributed by atoms with van der Waals surface area (Å²) in [6.07, 6.45) is 1.36. The van der Waals surface area contributed by atoms with E-state index >= 15 is 0 Å². The van der Waals surface area contributed by atoms with Gasteiger partial charge >= 0.3 is 0 Å². The molecular weight excluding hydrogens is 272 g/mol. The molecule has 3 nitrogen and oxygen atoms in total. The molecule has 116 valence electrons. The molecule has 2 aromatic rings. The van der Waals surface area contributed by atoms with E-state index in [4.69, 9.17) is 0 Å². The zero-order valence-electron chi connectivity index (χ0n) is 13.6. The van der Waals surface area contributed by atoms with Crippen LogP contribution in [0.1, 0.15) is 30.0 Å². The zero-order valence-corrected chi connectivity index (χ0v) is 13.6. The Bertz CT molecular complexity index is 629. The molecule has 0 aliphatic rings. The van der Waals surface area contributed by atoms with Crippen LogP contribution in [0.5, 0.6) is 0 Å². The molecule has 0 saturated carbocycles. The third kappa shape index (κ3) is 4.10. The minimum Gasteiger partial charge on any atom is -0.384 e. The van der Waals surface area contributed by atoms with Crippen LogP contribution in [0.25, 0.3) is 0 Å². The van der Waals surface area contributed by atoms with Crippen molar-refractivity contribution in [1.29, 1.82) is 0 Å². The van der Waals surface area contributed by atoms with E-state index in [1.165, 1.54) is 16.7 Å². The highest BCUT2D eigenvalue weighted by Crippen LogP contribution is 2.19. The van der Waals surface area contributed by atoms with Crippen molar-refractivity contribution >= 4 is 17.3 Å². The molecule has 0 aliphatic carbocycles. The van der Waals surface area contributed by atoms with Crippen LogP contribution in [0.4, 0.5) is 11.4 Å². The summed E-state index contributed by atoms with van der Waals surface area (Å²) < 4.78 is 0. The molecule has 2 rings (SSSR count). The highest BCUT2D eigenvalue weighted by molar-refractivity contribution is 5.91. The van der Waals surface area contributed by atoms with Gasteiger partial charge in [0.2, 0.25) is 5.91 Å². The monoisotopic (exact) mass is 296 g/mol. The number of carbonyl (C=O) groups is 1. The lowest BCUT2D eigenvalue weighted by atomic mass is 10.1. The minimum absolute atomic E-state index is 0.0413. The van der Waals surface area contributed by atoms with Gasteiger partial charge in [-0.15, -0.1) is 0 Å². The van der Waals surface area contributed by atoms with Crippen LogP contribution in [-0.2, 0) is 11.2 Å². The van der Waals surface area contributed by atoms with Crippen molar-refractivity contribution in [1.82, 2.24) is 0 Å². The predicted octanol–water partition coefficient (Wildman–Crippen LogP) is 4.31. The number of carbonyl (C=O) groups excluding carboxylic acids is 1. The molecule has 22 heavy (non-hydrogen) atoms. The molecule has 2 aromatic carbocycles. The van der Waals surface area contributed by atoms with Crippen molar-refractivity contribution in [3.63, 3.8) is 0 Å². The second-order valence-corrected chi connectivity index (χ2v) is 5.50. The highest BCUT2D eigenvalue weighted by atomic mass is 16.1. The molecule has 0 radical (unpaired) electrons. The number of aryl methyl sites for hydroxylation is 3. The first-order valence-electron chi connectivity index (χ1n) is 7.79. The van der Waals surface area contributed by atoms with Gasteiger partial charge in [0.25, 0.3) is 0 Å². The maximum absolute atomic E-state index is 12.1. The van der Waals surface area contributed by atoms with Gasteiger partial charge < -0.3 is 10.6 Å². The fraction of sp³-hybridized carbons (Fsp3) is 0.316. The number of hydrogen-bond acceptors (Lipinski definition) is 2. The van der Waals surface area contributed by atoms with E-state index in [-0.39, 0.29) is 5.91 Å². The minimum atomic E-state index is 0.0413. The average Bonchev–Trinajstić information content (AvgIpc) is 2.51. The molecule has 0 spiro atoms. The van der Waals surface area contributed by atoms with Gasteiger partial charge in [0, 0.05) is 24.3 Å². The standard InChI is InChI=1S/C19H24N2O/c1-4-16-10-5-6-11-17(16)21-18(22)12-13-20-19-14(2)8-7-9-15(19)3/h5-11,20H,4,12-13H2,1-3H3,(H,21,22). The van der Waals surface area contributed by atoms with Gasteiger partial charge in [0.15, 0.2) is 0 Å². The van der Waals surface area contributed by atoms with Gasteiger partial charge in [-0.05, 0) is 43.0 Å². The van der Waals surface area contributed by atoms with Crippen LogP contribution in [0.15, 0.2) is 42.5 Å². The predicted molar refractivity (Wildman–Crippen MR) is 93.5 cm³/mol. The van der Waals surface area contributed by atoms with Crippen LogP contribution < -0.4 is 10.6 Å². The van der Waals surface area contributed by atoms with Crippen molar-refractivity contribution < 1.29 is 4.79 Å². The van der Waals surface area contributed by atoms with Crippen molar-refractivity contribution in [3.05, 3.63) is 59.2 Å². The molecule has 0 bridgehead atoms. The molecule has 0 fully saturated rings. The van der Waals surface area contributed by atoms with Crippen LogP contribution in [0.2, 0.25) is 0 Å². The number of para-hydroxylation sites is 2. The summed E-state index contributed by atoms with van der Waals surface area (Å²) in [5.74, 6) is 0.0413. The van der Waals surface area contributed by atoms with Gasteiger partial charge in [-0.3, -0.25) is 4.79 Å². The van der Waals surface area contributed by atoms with Gasteiger partial charge in [-0.25, -0.2) is 0 Å². The van der Waals surface area contributed by atoms with E-state index < -0.39 is 0 Å². The van der Waals surface area contributed by atoms with Crippen LogP contribution >= 0.6 is 0 Å². The van der Waals surface area contributed by atoms with Gasteiger partial charge in [-0.2, -0.15) is 0 Å². The SMILES string of the molecule is CCc1ccccc1NC(=O)CCNc1c(C)cccc1C. The first kappa shape index (κ1) is 16.1. The summed E-state index contributed by atoms with van der Waals surface area (Å²) in [5.41, 5.74) is 5.62. The third-order valence-electron chi connectivity index (χ3n) is 3.81. The smallest absolute Gasteiger partial charge is 0.226 e. The van der Waals surface area contributed by atoms with E-state index in [0.29, 0.717) is 13.0 Å². The van der Waals surface area contributed by atoms with E-state index in [2.05, 4.69) is 43.5 Å². The molecule has 2 N–H and O–H groups in total. The Labute approximate surface area is 132 Å². The lowest BCUT2D eigenvalue weighted by molar-refractivity contribution is -0.115. The van der Waals surface area contributed by atoms with E-state index in [1.54, 1.807) is 0 Å². The average molecular weight is 296 g/mol. The maximum atomic E-state index is 12.1. The third-order valence-corrected chi connectivity index (χ3v) is 3.81. The lowest BCUT2D eigenvalue weighted by Crippen LogP contribution is -2.17. The fourth-order valence-corrected chi connectivity index (χ4v) is 2.56. The highest BCUT2D eigenvalue weighted by Gasteiger charge is 2.06. The first-order valence-corrected chi connectivity index (χ1v) is 7.79. The Morgan fingerprint density at radius 1 is 1.00 bits per heavy atom. The second-order valence-electron chi connectivity index (χ2n) is 5.50. The van der Waals surface area contributed by atoms with Crippen LogP contribution in [-0.4, -0.2) is 12.5 Å². The molecule has 1 amide bonds. The summed E-state index contributed by atoms with van der Waals surface area (Å²) in [4.78, 5) is 12.1. The number of benzene rings is 2. The number of amides is 1. The summed E-state index contributed by atoms with van der Waals surface area (Å²) >= 11 is 0. The second kappa shape index (κ2) is 7.64. The molecule has 0 atom stereocenters. The maximum Gasteiger partial charge on any atom is 0.226 e. The number of hydrogen-bond donors (Lipinski definition) is 2.